The number of rotatable bonds is 5. The van der Waals surface area contributed by atoms with Crippen LogP contribution in [0.15, 0.2) is 83.9 Å². The van der Waals surface area contributed by atoms with Crippen LogP contribution in [0.5, 0.6) is 0 Å². The quantitative estimate of drug-likeness (QED) is 0.264. The Bertz CT molecular complexity index is 908. The predicted octanol–water partition coefficient (Wildman–Crippen LogP) is 5.52. The van der Waals surface area contributed by atoms with Gasteiger partial charge in [0.15, 0.2) is 5.84 Å². The number of amidine groups is 1. The molecule has 0 fully saturated rings. The van der Waals surface area contributed by atoms with E-state index in [4.69, 9.17) is 23.2 Å². The lowest BCUT2D eigenvalue weighted by Crippen LogP contribution is -2.35. The fourth-order valence-electron chi connectivity index (χ4n) is 2.17. The summed E-state index contributed by atoms with van der Waals surface area (Å²) < 4.78 is 0. The lowest BCUT2D eigenvalue weighted by molar-refractivity contribution is 0.106. The van der Waals surface area contributed by atoms with Crippen LogP contribution in [0.3, 0.4) is 0 Å². The van der Waals surface area contributed by atoms with Crippen molar-refractivity contribution in [2.24, 2.45) is 4.99 Å². The average molecular weight is 384 g/mol. The van der Waals surface area contributed by atoms with Gasteiger partial charge in [0, 0.05) is 15.6 Å². The van der Waals surface area contributed by atoms with Crippen LogP contribution in [0.1, 0.15) is 10.4 Å². The minimum Gasteiger partial charge on any atom is -0.300 e. The summed E-state index contributed by atoms with van der Waals surface area (Å²) in [6.07, 6.45) is 0. The molecule has 0 bridgehead atoms. The number of nitrogens with zero attached hydrogens (tertiary/aromatic N) is 1. The molecule has 0 amide bonds. The molecule has 3 aromatic carbocycles. The third kappa shape index (κ3) is 4.85. The Kier molecular flexibility index (Phi) is 5.89. The summed E-state index contributed by atoms with van der Waals surface area (Å²) in [6.45, 7) is 0. The molecule has 130 valence electrons. The van der Waals surface area contributed by atoms with Crippen molar-refractivity contribution in [2.45, 2.75) is 0 Å². The molecular formula is C20H15Cl2N3O. The van der Waals surface area contributed by atoms with Gasteiger partial charge in [0.05, 0.1) is 11.4 Å². The van der Waals surface area contributed by atoms with E-state index in [0.29, 0.717) is 21.3 Å². The van der Waals surface area contributed by atoms with Crippen LogP contribution in [0.2, 0.25) is 10.0 Å². The Morgan fingerprint density at radius 3 is 1.96 bits per heavy atom. The molecule has 2 N–H and O–H groups in total. The number of carbonyl (C=O) groups excluding carboxylic acids is 1. The normalized spacial score (nSPS) is 11.1. The van der Waals surface area contributed by atoms with Gasteiger partial charge in [0.1, 0.15) is 0 Å². The van der Waals surface area contributed by atoms with E-state index in [2.05, 4.69) is 15.8 Å². The van der Waals surface area contributed by atoms with Gasteiger partial charge in [-0.3, -0.25) is 15.6 Å². The fourth-order valence-corrected chi connectivity index (χ4v) is 2.42. The molecule has 0 heterocycles. The van der Waals surface area contributed by atoms with Crippen molar-refractivity contribution in [3.63, 3.8) is 0 Å². The number of benzene rings is 3. The summed E-state index contributed by atoms with van der Waals surface area (Å²) in [5.41, 5.74) is 7.75. The molecule has 6 heteroatoms. The van der Waals surface area contributed by atoms with E-state index < -0.39 is 0 Å². The van der Waals surface area contributed by atoms with Gasteiger partial charge in [-0.2, -0.15) is 0 Å². The van der Waals surface area contributed by atoms with E-state index >= 15 is 0 Å². The van der Waals surface area contributed by atoms with Gasteiger partial charge in [0.2, 0.25) is 5.78 Å². The Balaban J connectivity index is 1.86. The standard InChI is InChI=1S/C20H15Cl2N3O/c21-15-6-10-17(11-7-15)23-20(19(26)14-4-2-1-3-5-14)25-24-18-12-8-16(22)9-13-18/h1-13,24H,(H,23,25). The summed E-state index contributed by atoms with van der Waals surface area (Å²) in [7, 11) is 0. The van der Waals surface area contributed by atoms with E-state index in [0.717, 1.165) is 5.69 Å². The molecular weight excluding hydrogens is 369 g/mol. The van der Waals surface area contributed by atoms with E-state index in [-0.39, 0.29) is 11.6 Å². The van der Waals surface area contributed by atoms with Crippen LogP contribution in [0, 0.1) is 0 Å². The molecule has 0 radical (unpaired) electrons. The first kappa shape index (κ1) is 18.0. The highest BCUT2D eigenvalue weighted by Gasteiger charge is 2.14. The van der Waals surface area contributed by atoms with Gasteiger partial charge in [-0.15, -0.1) is 0 Å². The molecule has 0 spiro atoms. The lowest BCUT2D eigenvalue weighted by Gasteiger charge is -2.12. The van der Waals surface area contributed by atoms with Gasteiger partial charge < -0.3 is 0 Å². The average Bonchev–Trinajstić information content (AvgIpc) is 2.68. The summed E-state index contributed by atoms with van der Waals surface area (Å²) in [5, 5.41) is 1.23. The van der Waals surface area contributed by atoms with Crippen molar-refractivity contribution < 1.29 is 4.79 Å². The summed E-state index contributed by atoms with van der Waals surface area (Å²) in [5.74, 6) is -0.0736. The topological polar surface area (TPSA) is 53.5 Å². The maximum Gasteiger partial charge on any atom is 0.229 e. The van der Waals surface area contributed by atoms with Crippen LogP contribution in [0.25, 0.3) is 0 Å². The number of aliphatic imine (C=N–C) groups is 1. The molecule has 3 rings (SSSR count). The van der Waals surface area contributed by atoms with E-state index in [1.54, 1.807) is 72.8 Å². The number of hydrazine groups is 1. The molecule has 3 aromatic rings. The van der Waals surface area contributed by atoms with Crippen molar-refractivity contribution in [3.8, 4) is 0 Å². The van der Waals surface area contributed by atoms with E-state index in [1.165, 1.54) is 0 Å². The minimum absolute atomic E-state index is 0.161. The van der Waals surface area contributed by atoms with Crippen LogP contribution in [-0.4, -0.2) is 11.6 Å². The van der Waals surface area contributed by atoms with Crippen molar-refractivity contribution in [2.75, 3.05) is 5.43 Å². The third-order valence-corrected chi connectivity index (χ3v) is 3.99. The van der Waals surface area contributed by atoms with Crippen molar-refractivity contribution in [1.29, 1.82) is 0 Å². The summed E-state index contributed by atoms with van der Waals surface area (Å²) in [4.78, 5) is 17.2. The molecule has 0 aliphatic carbocycles. The first-order chi connectivity index (χ1) is 12.6. The monoisotopic (exact) mass is 383 g/mol. The van der Waals surface area contributed by atoms with Gasteiger partial charge in [-0.05, 0) is 48.5 Å². The number of anilines is 1. The number of carbonyl (C=O) groups is 1. The third-order valence-electron chi connectivity index (χ3n) is 3.49. The second kappa shape index (κ2) is 8.52. The highest BCUT2D eigenvalue weighted by molar-refractivity contribution is 6.45. The SMILES string of the molecule is O=C(C(=Nc1ccc(Cl)cc1)NNc1ccc(Cl)cc1)c1ccccc1. The fraction of sp³-hybridized carbons (Fsp3) is 0. The Hall–Kier alpha value is -2.82. The summed E-state index contributed by atoms with van der Waals surface area (Å²) >= 11 is 11.8. The second-order valence-corrected chi connectivity index (χ2v) is 6.26. The zero-order chi connectivity index (χ0) is 18.4. The maximum atomic E-state index is 12.8. The number of nitrogens with one attached hydrogen (secondary N) is 2. The first-order valence-electron chi connectivity index (χ1n) is 7.83. The van der Waals surface area contributed by atoms with Gasteiger partial charge in [0.25, 0.3) is 0 Å². The molecule has 0 aliphatic rings. The van der Waals surface area contributed by atoms with Crippen molar-refractivity contribution in [1.82, 2.24) is 5.43 Å². The molecule has 26 heavy (non-hydrogen) atoms. The largest absolute Gasteiger partial charge is 0.300 e. The van der Waals surface area contributed by atoms with Crippen molar-refractivity contribution in [3.05, 3.63) is 94.5 Å². The maximum absolute atomic E-state index is 12.8. The minimum atomic E-state index is -0.234. The van der Waals surface area contributed by atoms with Gasteiger partial charge in [-0.25, -0.2) is 4.99 Å². The second-order valence-electron chi connectivity index (χ2n) is 5.39. The Labute approximate surface area is 161 Å². The number of Topliss-reactive ketones (excluding diaryl/α,β-unsaturated/α-hetero) is 1. The first-order valence-corrected chi connectivity index (χ1v) is 8.59. The number of hydrogen-bond acceptors (Lipinski definition) is 3. The van der Waals surface area contributed by atoms with Gasteiger partial charge in [-0.1, -0.05) is 53.5 Å². The molecule has 4 nitrogen and oxygen atoms in total. The lowest BCUT2D eigenvalue weighted by atomic mass is 10.1. The molecule has 0 aromatic heterocycles. The molecule has 0 unspecified atom stereocenters. The Morgan fingerprint density at radius 1 is 0.769 bits per heavy atom. The zero-order valence-electron chi connectivity index (χ0n) is 13.6. The molecule has 0 aliphatic heterocycles. The van der Waals surface area contributed by atoms with E-state index in [9.17, 15) is 4.79 Å². The highest BCUT2D eigenvalue weighted by atomic mass is 35.5. The van der Waals surface area contributed by atoms with E-state index in [1.807, 2.05) is 6.07 Å². The Morgan fingerprint density at radius 2 is 1.35 bits per heavy atom. The predicted molar refractivity (Wildman–Crippen MR) is 108 cm³/mol. The van der Waals surface area contributed by atoms with Crippen LogP contribution in [0.4, 0.5) is 11.4 Å². The van der Waals surface area contributed by atoms with Crippen LogP contribution in [-0.2, 0) is 0 Å². The van der Waals surface area contributed by atoms with Crippen molar-refractivity contribution >= 4 is 46.2 Å². The number of hydrogen-bond donors (Lipinski definition) is 2. The van der Waals surface area contributed by atoms with Crippen LogP contribution >= 0.6 is 23.2 Å². The highest BCUT2D eigenvalue weighted by Crippen LogP contribution is 2.17. The molecule has 0 saturated carbocycles. The van der Waals surface area contributed by atoms with Gasteiger partial charge >= 0.3 is 0 Å². The molecule has 0 saturated heterocycles. The van der Waals surface area contributed by atoms with Crippen LogP contribution < -0.4 is 10.9 Å². The zero-order valence-corrected chi connectivity index (χ0v) is 15.1. The smallest absolute Gasteiger partial charge is 0.229 e. The number of halogens is 2. The number of ketones is 1. The molecule has 0 atom stereocenters. The summed E-state index contributed by atoms with van der Waals surface area (Å²) in [6, 6.07) is 23.0.